The second-order valence-electron chi connectivity index (χ2n) is 4.18. The molecule has 0 aliphatic carbocycles. The SMILES string of the molecule is COCc1cccc(Nc2ccc(N)cc2C#N)c1. The smallest absolute Gasteiger partial charge is 0.101 e. The first-order chi connectivity index (χ1) is 9.22. The van der Waals surface area contributed by atoms with Gasteiger partial charge in [0.1, 0.15) is 6.07 Å². The van der Waals surface area contributed by atoms with Gasteiger partial charge in [0.15, 0.2) is 0 Å². The Labute approximate surface area is 112 Å². The fraction of sp³-hybridized carbons (Fsp3) is 0.133. The van der Waals surface area contributed by atoms with Gasteiger partial charge in [-0.05, 0) is 35.9 Å². The van der Waals surface area contributed by atoms with Crippen LogP contribution in [0.25, 0.3) is 0 Å². The Morgan fingerprint density at radius 1 is 1.26 bits per heavy atom. The second kappa shape index (κ2) is 5.89. The number of nitrogens with zero attached hydrogens (tertiary/aromatic N) is 1. The lowest BCUT2D eigenvalue weighted by Crippen LogP contribution is -1.96. The maximum absolute atomic E-state index is 9.09. The number of nitrogens with two attached hydrogens (primary N) is 1. The van der Waals surface area contributed by atoms with Crippen LogP contribution in [0.1, 0.15) is 11.1 Å². The van der Waals surface area contributed by atoms with Gasteiger partial charge < -0.3 is 15.8 Å². The van der Waals surface area contributed by atoms with Crippen LogP contribution in [0.5, 0.6) is 0 Å². The van der Waals surface area contributed by atoms with E-state index >= 15 is 0 Å². The van der Waals surface area contributed by atoms with Gasteiger partial charge in [0.25, 0.3) is 0 Å². The number of hydrogen-bond donors (Lipinski definition) is 2. The lowest BCUT2D eigenvalue weighted by Gasteiger charge is -2.10. The summed E-state index contributed by atoms with van der Waals surface area (Å²) in [5, 5.41) is 12.3. The van der Waals surface area contributed by atoms with E-state index in [1.807, 2.05) is 24.3 Å². The molecule has 0 radical (unpaired) electrons. The van der Waals surface area contributed by atoms with Gasteiger partial charge in [-0.25, -0.2) is 0 Å². The molecule has 0 atom stereocenters. The van der Waals surface area contributed by atoms with E-state index in [-0.39, 0.29) is 0 Å². The summed E-state index contributed by atoms with van der Waals surface area (Å²) in [5.74, 6) is 0. The zero-order chi connectivity index (χ0) is 13.7. The average molecular weight is 253 g/mol. The third kappa shape index (κ3) is 3.24. The Morgan fingerprint density at radius 3 is 2.84 bits per heavy atom. The largest absolute Gasteiger partial charge is 0.399 e. The molecule has 19 heavy (non-hydrogen) atoms. The van der Waals surface area contributed by atoms with Gasteiger partial charge in [0.2, 0.25) is 0 Å². The quantitative estimate of drug-likeness (QED) is 0.821. The first-order valence-corrected chi connectivity index (χ1v) is 5.87. The molecule has 0 saturated carbocycles. The number of rotatable bonds is 4. The maximum Gasteiger partial charge on any atom is 0.101 e. The molecule has 0 heterocycles. The van der Waals surface area contributed by atoms with E-state index in [2.05, 4.69) is 11.4 Å². The number of benzene rings is 2. The highest BCUT2D eigenvalue weighted by Crippen LogP contribution is 2.23. The summed E-state index contributed by atoms with van der Waals surface area (Å²) < 4.78 is 5.10. The highest BCUT2D eigenvalue weighted by molar-refractivity contribution is 5.69. The third-order valence-corrected chi connectivity index (χ3v) is 2.68. The Morgan fingerprint density at radius 2 is 2.11 bits per heavy atom. The van der Waals surface area contributed by atoms with Gasteiger partial charge in [0, 0.05) is 18.5 Å². The summed E-state index contributed by atoms with van der Waals surface area (Å²) in [6.07, 6.45) is 0. The van der Waals surface area contributed by atoms with E-state index < -0.39 is 0 Å². The van der Waals surface area contributed by atoms with Crippen LogP contribution < -0.4 is 11.1 Å². The molecule has 0 aliphatic rings. The predicted octanol–water partition coefficient (Wildman–Crippen LogP) is 3.03. The minimum absolute atomic E-state index is 0.525. The molecule has 0 aliphatic heterocycles. The number of methoxy groups -OCH3 is 1. The monoisotopic (exact) mass is 253 g/mol. The number of ether oxygens (including phenoxy) is 1. The molecule has 0 amide bonds. The summed E-state index contributed by atoms with van der Waals surface area (Å²) in [5.41, 5.74) is 9.49. The molecule has 4 nitrogen and oxygen atoms in total. The number of nitrogens with one attached hydrogen (secondary N) is 1. The van der Waals surface area contributed by atoms with E-state index in [1.165, 1.54) is 0 Å². The summed E-state index contributed by atoms with van der Waals surface area (Å²) in [4.78, 5) is 0. The third-order valence-electron chi connectivity index (χ3n) is 2.68. The number of nitrogen functional groups attached to an aromatic ring is 1. The molecular weight excluding hydrogens is 238 g/mol. The first kappa shape index (κ1) is 12.9. The minimum atomic E-state index is 0.525. The van der Waals surface area contributed by atoms with Crippen LogP contribution in [0.4, 0.5) is 17.1 Å². The van der Waals surface area contributed by atoms with Crippen LogP contribution in [0.2, 0.25) is 0 Å². The molecule has 3 N–H and O–H groups in total. The molecule has 4 heteroatoms. The Bertz CT molecular complexity index is 617. The molecule has 0 aromatic heterocycles. The summed E-state index contributed by atoms with van der Waals surface area (Å²) in [6, 6.07) is 15.2. The summed E-state index contributed by atoms with van der Waals surface area (Å²) >= 11 is 0. The van der Waals surface area contributed by atoms with Crippen molar-refractivity contribution in [2.24, 2.45) is 0 Å². The van der Waals surface area contributed by atoms with Crippen molar-refractivity contribution in [1.82, 2.24) is 0 Å². The summed E-state index contributed by atoms with van der Waals surface area (Å²) in [6.45, 7) is 0.558. The Hall–Kier alpha value is -2.51. The molecule has 2 rings (SSSR count). The Balaban J connectivity index is 2.26. The van der Waals surface area contributed by atoms with Crippen LogP contribution in [-0.4, -0.2) is 7.11 Å². The molecule has 0 fully saturated rings. The van der Waals surface area contributed by atoms with Crippen molar-refractivity contribution >= 4 is 17.1 Å². The normalized spacial score (nSPS) is 9.89. The van der Waals surface area contributed by atoms with Crippen molar-refractivity contribution in [1.29, 1.82) is 5.26 Å². The van der Waals surface area contributed by atoms with E-state index in [0.717, 1.165) is 16.9 Å². The Kier molecular flexibility index (Phi) is 4.01. The lowest BCUT2D eigenvalue weighted by atomic mass is 10.1. The van der Waals surface area contributed by atoms with Gasteiger partial charge in [-0.3, -0.25) is 0 Å². The zero-order valence-electron chi connectivity index (χ0n) is 10.7. The molecule has 96 valence electrons. The van der Waals surface area contributed by atoms with E-state index in [0.29, 0.717) is 17.9 Å². The fourth-order valence-corrected chi connectivity index (χ4v) is 1.82. The van der Waals surface area contributed by atoms with Crippen LogP contribution in [0, 0.1) is 11.3 Å². The number of hydrogen-bond acceptors (Lipinski definition) is 4. The number of anilines is 3. The first-order valence-electron chi connectivity index (χ1n) is 5.87. The highest BCUT2D eigenvalue weighted by atomic mass is 16.5. The second-order valence-corrected chi connectivity index (χ2v) is 4.18. The summed E-state index contributed by atoms with van der Waals surface area (Å²) in [7, 11) is 1.66. The van der Waals surface area contributed by atoms with Crippen molar-refractivity contribution in [3.8, 4) is 6.07 Å². The highest BCUT2D eigenvalue weighted by Gasteiger charge is 2.03. The molecule has 2 aromatic rings. The van der Waals surface area contributed by atoms with Crippen molar-refractivity contribution in [3.63, 3.8) is 0 Å². The molecular formula is C15H15N3O. The lowest BCUT2D eigenvalue weighted by molar-refractivity contribution is 0.185. The van der Waals surface area contributed by atoms with Gasteiger partial charge in [-0.1, -0.05) is 12.1 Å². The predicted molar refractivity (Wildman–Crippen MR) is 76.0 cm³/mol. The van der Waals surface area contributed by atoms with E-state index in [9.17, 15) is 0 Å². The topological polar surface area (TPSA) is 71.1 Å². The fourth-order valence-electron chi connectivity index (χ4n) is 1.82. The standard InChI is InChI=1S/C15H15N3O/c1-19-10-11-3-2-4-14(7-11)18-15-6-5-13(17)8-12(15)9-16/h2-8,18H,10,17H2,1H3. The van der Waals surface area contributed by atoms with Crippen molar-refractivity contribution in [2.45, 2.75) is 6.61 Å². The minimum Gasteiger partial charge on any atom is -0.399 e. The van der Waals surface area contributed by atoms with Crippen molar-refractivity contribution in [2.75, 3.05) is 18.2 Å². The molecule has 0 bridgehead atoms. The van der Waals surface area contributed by atoms with E-state index in [1.54, 1.807) is 25.3 Å². The van der Waals surface area contributed by atoms with Gasteiger partial charge in [-0.2, -0.15) is 5.26 Å². The molecule has 0 unspecified atom stereocenters. The van der Waals surface area contributed by atoms with Crippen LogP contribution >= 0.6 is 0 Å². The average Bonchev–Trinajstić information content (AvgIpc) is 2.41. The zero-order valence-corrected chi connectivity index (χ0v) is 10.7. The van der Waals surface area contributed by atoms with Crippen LogP contribution in [0.15, 0.2) is 42.5 Å². The van der Waals surface area contributed by atoms with E-state index in [4.69, 9.17) is 15.7 Å². The van der Waals surface area contributed by atoms with Crippen LogP contribution in [0.3, 0.4) is 0 Å². The molecule has 0 spiro atoms. The van der Waals surface area contributed by atoms with Gasteiger partial charge in [-0.15, -0.1) is 0 Å². The maximum atomic E-state index is 9.09. The molecule has 0 saturated heterocycles. The van der Waals surface area contributed by atoms with Crippen molar-refractivity contribution < 1.29 is 4.74 Å². The number of nitriles is 1. The van der Waals surface area contributed by atoms with Crippen LogP contribution in [-0.2, 0) is 11.3 Å². The van der Waals surface area contributed by atoms with Crippen molar-refractivity contribution in [3.05, 3.63) is 53.6 Å². The van der Waals surface area contributed by atoms with Gasteiger partial charge in [0.05, 0.1) is 17.9 Å². The van der Waals surface area contributed by atoms with Gasteiger partial charge >= 0.3 is 0 Å². The molecule has 2 aromatic carbocycles.